The van der Waals surface area contributed by atoms with Crippen LogP contribution >= 0.6 is 34.8 Å². The van der Waals surface area contributed by atoms with Gasteiger partial charge >= 0.3 is 0 Å². The lowest BCUT2D eigenvalue weighted by Gasteiger charge is -2.33. The molecule has 2 amide bonds. The van der Waals surface area contributed by atoms with E-state index < -0.39 is 28.5 Å². The van der Waals surface area contributed by atoms with E-state index in [1.807, 2.05) is 0 Å². The zero-order valence-corrected chi connectivity index (χ0v) is 23.3. The molecule has 1 aliphatic carbocycles. The average Bonchev–Trinajstić information content (AvgIpc) is 2.82. The van der Waals surface area contributed by atoms with E-state index in [0.29, 0.717) is 10.6 Å². The minimum Gasteiger partial charge on any atom is -0.352 e. The molecule has 0 radical (unpaired) electrons. The number of hydrogen-bond acceptors (Lipinski definition) is 4. The maximum Gasteiger partial charge on any atom is 0.244 e. The number of amides is 2. The molecule has 1 fully saturated rings. The number of carbonyl (C=O) groups excluding carboxylic acids is 2. The standard InChI is InChI=1S/C25H30Cl3N3O4S/c1-17(25(33)29-21-9-4-3-5-10-21)30(15-18-7-6-8-19(26)13-18)24(32)16-31(36(2,34)35)23-14-20(27)11-12-22(23)28/h6-8,11-14,17,21H,3-5,9-10,15-16H2,1-2H3,(H,29,33)/t17-/m0/s1. The highest BCUT2D eigenvalue weighted by molar-refractivity contribution is 7.92. The smallest absolute Gasteiger partial charge is 0.244 e. The first kappa shape index (κ1) is 28.6. The molecule has 0 aromatic heterocycles. The lowest BCUT2D eigenvalue weighted by Crippen LogP contribution is -2.53. The van der Waals surface area contributed by atoms with Gasteiger partial charge in [0.1, 0.15) is 12.6 Å². The second-order valence-corrected chi connectivity index (χ2v) is 12.2. The van der Waals surface area contributed by atoms with Gasteiger partial charge in [0.05, 0.1) is 17.0 Å². The number of nitrogens with zero attached hydrogens (tertiary/aromatic N) is 2. The van der Waals surface area contributed by atoms with Crippen LogP contribution < -0.4 is 9.62 Å². The van der Waals surface area contributed by atoms with Crippen LogP contribution in [0.1, 0.15) is 44.6 Å². The molecule has 36 heavy (non-hydrogen) atoms. The lowest BCUT2D eigenvalue weighted by atomic mass is 9.95. The Morgan fingerprint density at radius 2 is 1.69 bits per heavy atom. The van der Waals surface area contributed by atoms with Gasteiger partial charge in [-0.05, 0) is 55.7 Å². The number of sulfonamides is 1. The molecule has 1 saturated carbocycles. The molecule has 1 N–H and O–H groups in total. The van der Waals surface area contributed by atoms with Crippen LogP contribution in [0.3, 0.4) is 0 Å². The number of hydrogen-bond donors (Lipinski definition) is 1. The predicted molar refractivity (Wildman–Crippen MR) is 145 cm³/mol. The zero-order chi connectivity index (χ0) is 26.5. The van der Waals surface area contributed by atoms with E-state index in [0.717, 1.165) is 42.7 Å². The van der Waals surface area contributed by atoms with E-state index in [1.165, 1.54) is 23.1 Å². The summed E-state index contributed by atoms with van der Waals surface area (Å²) in [6.07, 6.45) is 6.03. The fraction of sp³-hybridized carbons (Fsp3) is 0.440. The molecule has 196 valence electrons. The Hall–Kier alpha value is -2.00. The monoisotopic (exact) mass is 573 g/mol. The number of benzene rings is 2. The highest BCUT2D eigenvalue weighted by Gasteiger charge is 2.32. The maximum atomic E-state index is 13.6. The second-order valence-electron chi connectivity index (χ2n) is 9.04. The van der Waals surface area contributed by atoms with Gasteiger partial charge in [-0.2, -0.15) is 0 Å². The van der Waals surface area contributed by atoms with Crippen molar-refractivity contribution in [3.05, 3.63) is 63.1 Å². The molecule has 0 bridgehead atoms. The van der Waals surface area contributed by atoms with Gasteiger partial charge in [-0.15, -0.1) is 0 Å². The van der Waals surface area contributed by atoms with Crippen molar-refractivity contribution in [3.63, 3.8) is 0 Å². The Balaban J connectivity index is 1.90. The Kier molecular flexibility index (Phi) is 9.92. The molecule has 7 nitrogen and oxygen atoms in total. The molecule has 0 saturated heterocycles. The van der Waals surface area contributed by atoms with Crippen molar-refractivity contribution in [1.29, 1.82) is 0 Å². The van der Waals surface area contributed by atoms with Crippen molar-refractivity contribution in [2.75, 3.05) is 17.1 Å². The highest BCUT2D eigenvalue weighted by Crippen LogP contribution is 2.31. The molecular formula is C25H30Cl3N3O4S. The maximum absolute atomic E-state index is 13.6. The first-order chi connectivity index (χ1) is 17.0. The second kappa shape index (κ2) is 12.5. The third-order valence-electron chi connectivity index (χ3n) is 6.22. The van der Waals surface area contributed by atoms with Crippen molar-refractivity contribution >= 4 is 62.3 Å². The Morgan fingerprint density at radius 3 is 2.33 bits per heavy atom. The van der Waals surface area contributed by atoms with Gasteiger partial charge in [-0.25, -0.2) is 8.42 Å². The average molecular weight is 575 g/mol. The first-order valence-electron chi connectivity index (χ1n) is 11.7. The van der Waals surface area contributed by atoms with Gasteiger partial charge < -0.3 is 10.2 Å². The molecule has 0 aliphatic heterocycles. The summed E-state index contributed by atoms with van der Waals surface area (Å²) in [4.78, 5) is 28.2. The normalized spacial score (nSPS) is 15.2. The van der Waals surface area contributed by atoms with Gasteiger partial charge in [0, 0.05) is 22.6 Å². The lowest BCUT2D eigenvalue weighted by molar-refractivity contribution is -0.139. The molecule has 1 atom stereocenters. The number of carbonyl (C=O) groups is 2. The van der Waals surface area contributed by atoms with Crippen LogP contribution in [0.2, 0.25) is 15.1 Å². The Labute approximate surface area is 227 Å². The van der Waals surface area contributed by atoms with E-state index in [1.54, 1.807) is 31.2 Å². The minimum absolute atomic E-state index is 0.0645. The summed E-state index contributed by atoms with van der Waals surface area (Å²) in [6.45, 7) is 1.15. The van der Waals surface area contributed by atoms with Gasteiger partial charge in [-0.1, -0.05) is 66.2 Å². The summed E-state index contributed by atoms with van der Waals surface area (Å²) in [5, 5.41) is 3.94. The summed E-state index contributed by atoms with van der Waals surface area (Å²) >= 11 is 18.5. The van der Waals surface area contributed by atoms with Crippen LogP contribution in [-0.2, 0) is 26.2 Å². The summed E-state index contributed by atoms with van der Waals surface area (Å²) < 4.78 is 26.3. The molecule has 3 rings (SSSR count). The van der Waals surface area contributed by atoms with E-state index in [4.69, 9.17) is 34.8 Å². The van der Waals surface area contributed by atoms with Crippen LogP contribution in [-0.4, -0.2) is 50.0 Å². The van der Waals surface area contributed by atoms with Crippen LogP contribution in [0.5, 0.6) is 0 Å². The quantitative estimate of drug-likeness (QED) is 0.442. The van der Waals surface area contributed by atoms with Crippen LogP contribution in [0.15, 0.2) is 42.5 Å². The Bertz CT molecular complexity index is 1200. The van der Waals surface area contributed by atoms with Crippen molar-refractivity contribution < 1.29 is 18.0 Å². The van der Waals surface area contributed by atoms with E-state index >= 15 is 0 Å². The minimum atomic E-state index is -3.91. The summed E-state index contributed by atoms with van der Waals surface area (Å²) in [7, 11) is -3.91. The van der Waals surface area contributed by atoms with Crippen LogP contribution in [0.25, 0.3) is 0 Å². The highest BCUT2D eigenvalue weighted by atomic mass is 35.5. The number of rotatable bonds is 9. The molecule has 1 aliphatic rings. The molecule has 2 aromatic rings. The van der Waals surface area contributed by atoms with Crippen LogP contribution in [0, 0.1) is 0 Å². The number of nitrogens with one attached hydrogen (secondary N) is 1. The Morgan fingerprint density at radius 1 is 1.03 bits per heavy atom. The van der Waals surface area contributed by atoms with E-state index in [-0.39, 0.29) is 34.2 Å². The van der Waals surface area contributed by atoms with Gasteiger partial charge in [0.25, 0.3) is 0 Å². The number of halogens is 3. The molecule has 2 aromatic carbocycles. The van der Waals surface area contributed by atoms with E-state index in [9.17, 15) is 18.0 Å². The van der Waals surface area contributed by atoms with Gasteiger partial charge in [0.15, 0.2) is 0 Å². The first-order valence-corrected chi connectivity index (χ1v) is 14.7. The molecule has 0 unspecified atom stereocenters. The summed E-state index contributed by atoms with van der Waals surface area (Å²) in [5.74, 6) is -0.855. The number of anilines is 1. The fourth-order valence-electron chi connectivity index (χ4n) is 4.26. The third kappa shape index (κ3) is 7.75. The zero-order valence-electron chi connectivity index (χ0n) is 20.2. The largest absolute Gasteiger partial charge is 0.352 e. The topological polar surface area (TPSA) is 86.8 Å². The SMILES string of the molecule is C[C@@H](C(=O)NC1CCCCC1)N(Cc1cccc(Cl)c1)C(=O)CN(c1cc(Cl)ccc1Cl)S(C)(=O)=O. The van der Waals surface area contributed by atoms with Crippen molar-refractivity contribution in [2.24, 2.45) is 0 Å². The van der Waals surface area contributed by atoms with E-state index in [2.05, 4.69) is 5.32 Å². The molecule has 0 spiro atoms. The molecule has 0 heterocycles. The third-order valence-corrected chi connectivity index (χ3v) is 8.13. The van der Waals surface area contributed by atoms with Gasteiger partial charge in [0.2, 0.25) is 21.8 Å². The summed E-state index contributed by atoms with van der Waals surface area (Å²) in [5.41, 5.74) is 0.793. The van der Waals surface area contributed by atoms with Gasteiger partial charge in [-0.3, -0.25) is 13.9 Å². The predicted octanol–water partition coefficient (Wildman–Crippen LogP) is 5.28. The fourth-order valence-corrected chi connectivity index (χ4v) is 5.76. The molecule has 11 heteroatoms. The van der Waals surface area contributed by atoms with Crippen molar-refractivity contribution in [2.45, 2.75) is 57.7 Å². The summed E-state index contributed by atoms with van der Waals surface area (Å²) in [6, 6.07) is 10.5. The van der Waals surface area contributed by atoms with Crippen molar-refractivity contribution in [1.82, 2.24) is 10.2 Å². The molecular weight excluding hydrogens is 545 g/mol. The van der Waals surface area contributed by atoms with Crippen molar-refractivity contribution in [3.8, 4) is 0 Å². The van der Waals surface area contributed by atoms with Crippen LogP contribution in [0.4, 0.5) is 5.69 Å².